The monoisotopic (exact) mass is 318 g/mol. The second kappa shape index (κ2) is 6.81. The van der Waals surface area contributed by atoms with Gasteiger partial charge in [0.1, 0.15) is 5.60 Å². The first-order valence-corrected chi connectivity index (χ1v) is 8.51. The molecule has 4 nitrogen and oxygen atoms in total. The molecule has 1 aliphatic rings. The first-order valence-electron chi connectivity index (χ1n) is 8.51. The lowest BCUT2D eigenvalue weighted by Gasteiger charge is -2.37. The number of amides is 1. The molecule has 1 amide bonds. The van der Waals surface area contributed by atoms with Crippen molar-refractivity contribution in [3.05, 3.63) is 29.3 Å². The van der Waals surface area contributed by atoms with E-state index in [4.69, 9.17) is 4.74 Å². The Morgan fingerprint density at radius 3 is 2.26 bits per heavy atom. The summed E-state index contributed by atoms with van der Waals surface area (Å²) < 4.78 is 5.46. The molecule has 1 heterocycles. The Balaban J connectivity index is 2.02. The Morgan fingerprint density at radius 1 is 1.13 bits per heavy atom. The van der Waals surface area contributed by atoms with Crippen molar-refractivity contribution in [2.24, 2.45) is 0 Å². The van der Waals surface area contributed by atoms with Crippen molar-refractivity contribution in [1.82, 2.24) is 4.90 Å². The number of rotatable bonds is 2. The van der Waals surface area contributed by atoms with Gasteiger partial charge in [0.05, 0.1) is 0 Å². The van der Waals surface area contributed by atoms with Crippen LogP contribution >= 0.6 is 0 Å². The Labute approximate surface area is 140 Å². The first-order chi connectivity index (χ1) is 10.7. The van der Waals surface area contributed by atoms with Crippen LogP contribution in [0.4, 0.5) is 10.5 Å². The van der Waals surface area contributed by atoms with E-state index < -0.39 is 5.60 Å². The Morgan fingerprint density at radius 2 is 1.74 bits per heavy atom. The van der Waals surface area contributed by atoms with Crippen molar-refractivity contribution < 1.29 is 9.53 Å². The Bertz CT molecular complexity index is 553. The van der Waals surface area contributed by atoms with Crippen molar-refractivity contribution in [3.63, 3.8) is 0 Å². The molecular weight excluding hydrogens is 288 g/mol. The highest BCUT2D eigenvalue weighted by Crippen LogP contribution is 2.26. The second-order valence-corrected chi connectivity index (χ2v) is 7.66. The van der Waals surface area contributed by atoms with E-state index in [0.29, 0.717) is 19.0 Å². The van der Waals surface area contributed by atoms with Gasteiger partial charge in [-0.1, -0.05) is 26.0 Å². The van der Waals surface area contributed by atoms with E-state index in [-0.39, 0.29) is 6.09 Å². The summed E-state index contributed by atoms with van der Waals surface area (Å²) in [5.74, 6) is 0.525. The molecule has 1 aromatic carbocycles. The number of hydrogen-bond donors (Lipinski definition) is 0. The maximum atomic E-state index is 12.2. The summed E-state index contributed by atoms with van der Waals surface area (Å²) >= 11 is 0. The van der Waals surface area contributed by atoms with Gasteiger partial charge >= 0.3 is 6.09 Å². The fourth-order valence-corrected chi connectivity index (χ4v) is 2.78. The quantitative estimate of drug-likeness (QED) is 0.820. The fourth-order valence-electron chi connectivity index (χ4n) is 2.78. The number of ether oxygens (including phenoxy) is 1. The zero-order chi connectivity index (χ0) is 17.2. The van der Waals surface area contributed by atoms with E-state index in [2.05, 4.69) is 43.9 Å². The van der Waals surface area contributed by atoms with Crippen molar-refractivity contribution in [3.8, 4) is 0 Å². The molecule has 0 aromatic heterocycles. The number of nitrogens with zero attached hydrogens (tertiary/aromatic N) is 2. The zero-order valence-electron chi connectivity index (χ0n) is 15.3. The smallest absolute Gasteiger partial charge is 0.410 e. The number of anilines is 1. The van der Waals surface area contributed by atoms with Crippen LogP contribution < -0.4 is 4.90 Å². The molecule has 0 bridgehead atoms. The van der Waals surface area contributed by atoms with Crippen molar-refractivity contribution >= 4 is 11.8 Å². The van der Waals surface area contributed by atoms with Crippen LogP contribution in [0.5, 0.6) is 0 Å². The predicted molar refractivity (Wildman–Crippen MR) is 95.3 cm³/mol. The van der Waals surface area contributed by atoms with Gasteiger partial charge in [-0.25, -0.2) is 4.79 Å². The summed E-state index contributed by atoms with van der Waals surface area (Å²) in [6, 6.07) is 6.70. The summed E-state index contributed by atoms with van der Waals surface area (Å²) in [6.45, 7) is 15.4. The highest BCUT2D eigenvalue weighted by molar-refractivity contribution is 5.69. The standard InChI is InChI=1S/C19H30N2O2/c1-14(2)16-8-7-15(3)17(13-16)20-9-11-21(12-10-20)18(22)23-19(4,5)6/h7-8,13-14H,9-12H2,1-6H3. The molecule has 0 aliphatic carbocycles. The molecule has 1 aliphatic heterocycles. The van der Waals surface area contributed by atoms with E-state index in [1.165, 1.54) is 16.8 Å². The third-order valence-electron chi connectivity index (χ3n) is 4.17. The number of benzene rings is 1. The molecule has 1 fully saturated rings. The van der Waals surface area contributed by atoms with Crippen LogP contribution in [0.25, 0.3) is 0 Å². The minimum absolute atomic E-state index is 0.204. The maximum absolute atomic E-state index is 12.2. The molecule has 1 saturated heterocycles. The predicted octanol–water partition coefficient (Wildman–Crippen LogP) is 4.18. The van der Waals surface area contributed by atoms with Gasteiger partial charge in [0.25, 0.3) is 0 Å². The van der Waals surface area contributed by atoms with Crippen molar-refractivity contribution in [1.29, 1.82) is 0 Å². The summed E-state index contributed by atoms with van der Waals surface area (Å²) in [4.78, 5) is 16.3. The average Bonchev–Trinajstić information content (AvgIpc) is 2.46. The molecule has 0 N–H and O–H groups in total. The second-order valence-electron chi connectivity index (χ2n) is 7.66. The molecule has 0 atom stereocenters. The lowest BCUT2D eigenvalue weighted by molar-refractivity contribution is 0.0240. The summed E-state index contributed by atoms with van der Waals surface area (Å²) in [7, 11) is 0. The van der Waals surface area contributed by atoms with Crippen LogP contribution in [0.2, 0.25) is 0 Å². The summed E-state index contributed by atoms with van der Waals surface area (Å²) in [5.41, 5.74) is 3.51. The van der Waals surface area contributed by atoms with Crippen LogP contribution in [-0.2, 0) is 4.74 Å². The van der Waals surface area contributed by atoms with Gasteiger partial charge in [-0.15, -0.1) is 0 Å². The van der Waals surface area contributed by atoms with Gasteiger partial charge in [-0.2, -0.15) is 0 Å². The van der Waals surface area contributed by atoms with Crippen LogP contribution in [0.1, 0.15) is 51.7 Å². The summed E-state index contributed by atoms with van der Waals surface area (Å²) in [5, 5.41) is 0. The van der Waals surface area contributed by atoms with E-state index in [1.807, 2.05) is 25.7 Å². The van der Waals surface area contributed by atoms with E-state index in [9.17, 15) is 4.79 Å². The van der Waals surface area contributed by atoms with Crippen LogP contribution in [0, 0.1) is 6.92 Å². The van der Waals surface area contributed by atoms with Gasteiger partial charge in [0.15, 0.2) is 0 Å². The molecule has 4 heteroatoms. The SMILES string of the molecule is Cc1ccc(C(C)C)cc1N1CCN(C(=O)OC(C)(C)C)CC1. The van der Waals surface area contributed by atoms with Crippen molar-refractivity contribution in [2.75, 3.05) is 31.1 Å². The molecule has 0 radical (unpaired) electrons. The third-order valence-corrected chi connectivity index (χ3v) is 4.17. The van der Waals surface area contributed by atoms with Gasteiger partial charge in [-0.05, 0) is 50.8 Å². The molecule has 1 aromatic rings. The topological polar surface area (TPSA) is 32.8 Å². The van der Waals surface area contributed by atoms with Gasteiger partial charge < -0.3 is 14.5 Å². The largest absolute Gasteiger partial charge is 0.444 e. The number of piperazine rings is 1. The number of hydrogen-bond acceptors (Lipinski definition) is 3. The van der Waals surface area contributed by atoms with E-state index in [1.54, 1.807) is 0 Å². The molecular formula is C19H30N2O2. The van der Waals surface area contributed by atoms with Gasteiger partial charge in [0.2, 0.25) is 0 Å². The number of carbonyl (C=O) groups is 1. The van der Waals surface area contributed by atoms with E-state index in [0.717, 1.165) is 13.1 Å². The van der Waals surface area contributed by atoms with Crippen LogP contribution in [0.3, 0.4) is 0 Å². The number of aryl methyl sites for hydroxylation is 1. The molecule has 128 valence electrons. The fraction of sp³-hybridized carbons (Fsp3) is 0.632. The lowest BCUT2D eigenvalue weighted by atomic mass is 10.00. The molecule has 0 unspecified atom stereocenters. The maximum Gasteiger partial charge on any atom is 0.410 e. The first kappa shape index (κ1) is 17.6. The Hall–Kier alpha value is -1.71. The molecule has 0 saturated carbocycles. The highest BCUT2D eigenvalue weighted by Gasteiger charge is 2.26. The van der Waals surface area contributed by atoms with Crippen molar-refractivity contribution in [2.45, 2.75) is 53.1 Å². The third kappa shape index (κ3) is 4.63. The van der Waals surface area contributed by atoms with Crippen LogP contribution in [0.15, 0.2) is 18.2 Å². The van der Waals surface area contributed by atoms with Crippen LogP contribution in [-0.4, -0.2) is 42.8 Å². The van der Waals surface area contributed by atoms with Gasteiger partial charge in [0, 0.05) is 31.9 Å². The minimum Gasteiger partial charge on any atom is -0.444 e. The minimum atomic E-state index is -0.434. The number of carbonyl (C=O) groups excluding carboxylic acids is 1. The molecule has 0 spiro atoms. The Kier molecular flexibility index (Phi) is 5.23. The lowest BCUT2D eigenvalue weighted by Crippen LogP contribution is -2.50. The molecule has 23 heavy (non-hydrogen) atoms. The normalized spacial score (nSPS) is 16.0. The zero-order valence-corrected chi connectivity index (χ0v) is 15.3. The van der Waals surface area contributed by atoms with E-state index >= 15 is 0 Å². The summed E-state index contributed by atoms with van der Waals surface area (Å²) in [6.07, 6.45) is -0.204. The van der Waals surface area contributed by atoms with Gasteiger partial charge in [-0.3, -0.25) is 0 Å². The average molecular weight is 318 g/mol. The highest BCUT2D eigenvalue weighted by atomic mass is 16.6. The molecule has 2 rings (SSSR count).